The molecule has 0 bridgehead atoms. The van der Waals surface area contributed by atoms with Gasteiger partial charge >= 0.3 is 0 Å². The Morgan fingerprint density at radius 1 is 1.17 bits per heavy atom. The van der Waals surface area contributed by atoms with Crippen LogP contribution in [0.3, 0.4) is 0 Å². The molecule has 0 radical (unpaired) electrons. The van der Waals surface area contributed by atoms with Crippen molar-refractivity contribution in [3.63, 3.8) is 0 Å². The molecule has 0 aromatic heterocycles. The summed E-state index contributed by atoms with van der Waals surface area (Å²) in [4.78, 5) is 0. The fraction of sp³-hybridized carbons (Fsp3) is 1.00. The highest BCUT2D eigenvalue weighted by molar-refractivity contribution is 5.18. The molecule has 0 N–H and O–H groups in total. The molecule has 1 spiro atoms. The summed E-state index contributed by atoms with van der Waals surface area (Å²) in [5, 5.41) is 0. The Morgan fingerprint density at radius 3 is 2.50 bits per heavy atom. The zero-order valence-electron chi connectivity index (χ0n) is 8.18. The van der Waals surface area contributed by atoms with Crippen LogP contribution in [0.2, 0.25) is 0 Å². The van der Waals surface area contributed by atoms with E-state index in [9.17, 15) is 0 Å². The first-order valence-corrected chi connectivity index (χ1v) is 5.87. The lowest BCUT2D eigenvalue weighted by Crippen LogP contribution is -1.98. The molecule has 3 atom stereocenters. The predicted octanol–water partition coefficient (Wildman–Crippen LogP) is 3.61. The molecule has 0 aliphatic heterocycles. The van der Waals surface area contributed by atoms with E-state index in [1.165, 1.54) is 24.7 Å². The molecule has 3 saturated carbocycles. The molecule has 3 fully saturated rings. The van der Waals surface area contributed by atoms with Crippen molar-refractivity contribution in [2.45, 2.75) is 51.9 Å². The Hall–Kier alpha value is 0. The van der Waals surface area contributed by atoms with Crippen LogP contribution in [-0.4, -0.2) is 0 Å². The van der Waals surface area contributed by atoms with Crippen molar-refractivity contribution in [1.29, 1.82) is 0 Å². The molecule has 0 heterocycles. The molecule has 0 aromatic carbocycles. The second-order valence-corrected chi connectivity index (χ2v) is 5.42. The third-order valence-electron chi connectivity index (χ3n) is 5.03. The first-order chi connectivity index (χ1) is 5.87. The fourth-order valence-electron chi connectivity index (χ4n) is 4.29. The van der Waals surface area contributed by atoms with Gasteiger partial charge in [-0.3, -0.25) is 0 Å². The Balaban J connectivity index is 1.64. The zero-order chi connectivity index (χ0) is 8.18. The molecule has 0 amide bonds. The second-order valence-electron chi connectivity index (χ2n) is 5.42. The molecule has 0 saturated heterocycles. The fourth-order valence-corrected chi connectivity index (χ4v) is 4.29. The molecule has 0 aromatic rings. The van der Waals surface area contributed by atoms with Crippen molar-refractivity contribution in [3.8, 4) is 0 Å². The summed E-state index contributed by atoms with van der Waals surface area (Å²) in [6.45, 7) is 2.34. The number of fused-ring (bicyclic) bond motifs is 3. The lowest BCUT2D eigenvalue weighted by Gasteiger charge is -2.08. The van der Waals surface area contributed by atoms with Crippen LogP contribution in [0.15, 0.2) is 0 Å². The van der Waals surface area contributed by atoms with E-state index in [1.54, 1.807) is 32.1 Å². The van der Waals surface area contributed by atoms with E-state index in [0.29, 0.717) is 0 Å². The summed E-state index contributed by atoms with van der Waals surface area (Å²) in [7, 11) is 0. The minimum atomic E-state index is 0.944. The van der Waals surface area contributed by atoms with Crippen LogP contribution in [0, 0.1) is 23.2 Å². The van der Waals surface area contributed by atoms with Crippen LogP contribution in [0.25, 0.3) is 0 Å². The van der Waals surface area contributed by atoms with Crippen molar-refractivity contribution >= 4 is 0 Å². The molecule has 3 aliphatic carbocycles. The van der Waals surface area contributed by atoms with Crippen molar-refractivity contribution in [3.05, 3.63) is 0 Å². The van der Waals surface area contributed by atoms with E-state index >= 15 is 0 Å². The lowest BCUT2D eigenvalue weighted by atomic mass is 9.97. The zero-order valence-corrected chi connectivity index (χ0v) is 8.18. The van der Waals surface area contributed by atoms with E-state index in [0.717, 1.165) is 11.3 Å². The molecule has 0 nitrogen and oxygen atoms in total. The van der Waals surface area contributed by atoms with Crippen molar-refractivity contribution in [2.24, 2.45) is 23.2 Å². The Labute approximate surface area is 75.7 Å². The highest BCUT2D eigenvalue weighted by Gasteiger charge is 2.69. The Bertz CT molecular complexity index is 184. The van der Waals surface area contributed by atoms with Gasteiger partial charge in [0.05, 0.1) is 0 Å². The van der Waals surface area contributed by atoms with Gasteiger partial charge in [0.1, 0.15) is 0 Å². The number of hydrogen-bond acceptors (Lipinski definition) is 0. The average molecular weight is 164 g/mol. The molecular weight excluding hydrogens is 144 g/mol. The van der Waals surface area contributed by atoms with Gasteiger partial charge in [-0.15, -0.1) is 0 Å². The smallest absolute Gasteiger partial charge is 0.0232 e. The summed E-state index contributed by atoms with van der Waals surface area (Å²) in [5.41, 5.74) is 0.944. The summed E-state index contributed by atoms with van der Waals surface area (Å²) in [5.74, 6) is 3.57. The van der Waals surface area contributed by atoms with E-state index < -0.39 is 0 Å². The Kier molecular flexibility index (Phi) is 1.40. The molecule has 68 valence electrons. The maximum atomic E-state index is 2.34. The summed E-state index contributed by atoms with van der Waals surface area (Å²) < 4.78 is 0. The molecule has 3 rings (SSSR count). The average Bonchev–Trinajstić information content (AvgIpc) is 2.33. The van der Waals surface area contributed by atoms with E-state index in [1.807, 2.05) is 0 Å². The van der Waals surface area contributed by atoms with Crippen LogP contribution in [0.1, 0.15) is 51.9 Å². The normalized spacial score (nSPS) is 55.2. The number of rotatable bonds is 2. The van der Waals surface area contributed by atoms with Gasteiger partial charge in [0, 0.05) is 0 Å². The second kappa shape index (κ2) is 2.27. The van der Waals surface area contributed by atoms with Gasteiger partial charge in [0.25, 0.3) is 0 Å². The van der Waals surface area contributed by atoms with Crippen molar-refractivity contribution in [2.75, 3.05) is 0 Å². The largest absolute Gasteiger partial charge is 0.0654 e. The van der Waals surface area contributed by atoms with Crippen molar-refractivity contribution < 1.29 is 0 Å². The van der Waals surface area contributed by atoms with Crippen LogP contribution in [0.5, 0.6) is 0 Å². The molecule has 12 heavy (non-hydrogen) atoms. The van der Waals surface area contributed by atoms with Gasteiger partial charge in [-0.05, 0) is 55.3 Å². The maximum Gasteiger partial charge on any atom is -0.0232 e. The van der Waals surface area contributed by atoms with Gasteiger partial charge in [-0.1, -0.05) is 19.8 Å². The van der Waals surface area contributed by atoms with Crippen LogP contribution in [-0.2, 0) is 0 Å². The molecular formula is C12H20. The summed E-state index contributed by atoms with van der Waals surface area (Å²) >= 11 is 0. The van der Waals surface area contributed by atoms with Gasteiger partial charge in [-0.25, -0.2) is 0 Å². The maximum absolute atomic E-state index is 2.34. The quantitative estimate of drug-likeness (QED) is 0.585. The van der Waals surface area contributed by atoms with Crippen molar-refractivity contribution in [1.82, 2.24) is 0 Å². The SMILES string of the molecule is CCCC1CCC2(C1)C1CCC12. The highest BCUT2D eigenvalue weighted by Crippen LogP contribution is 2.77. The first-order valence-electron chi connectivity index (χ1n) is 5.87. The van der Waals surface area contributed by atoms with E-state index in [2.05, 4.69) is 6.92 Å². The van der Waals surface area contributed by atoms with E-state index in [-0.39, 0.29) is 0 Å². The summed E-state index contributed by atoms with van der Waals surface area (Å²) in [6, 6.07) is 0. The van der Waals surface area contributed by atoms with Crippen LogP contribution in [0.4, 0.5) is 0 Å². The third kappa shape index (κ3) is 0.744. The minimum Gasteiger partial charge on any atom is -0.0654 e. The first kappa shape index (κ1) is 7.41. The summed E-state index contributed by atoms with van der Waals surface area (Å²) in [6.07, 6.45) is 10.9. The minimum absolute atomic E-state index is 0.944. The molecule has 3 aliphatic rings. The van der Waals surface area contributed by atoms with Gasteiger partial charge in [0.15, 0.2) is 0 Å². The van der Waals surface area contributed by atoms with Gasteiger partial charge < -0.3 is 0 Å². The lowest BCUT2D eigenvalue weighted by molar-refractivity contribution is 0.427. The van der Waals surface area contributed by atoms with Crippen LogP contribution < -0.4 is 0 Å². The highest BCUT2D eigenvalue weighted by atomic mass is 14.7. The molecule has 0 heteroatoms. The topological polar surface area (TPSA) is 0 Å². The Morgan fingerprint density at radius 2 is 1.92 bits per heavy atom. The predicted molar refractivity (Wildman–Crippen MR) is 50.9 cm³/mol. The van der Waals surface area contributed by atoms with Gasteiger partial charge in [0.2, 0.25) is 0 Å². The number of hydrogen-bond donors (Lipinski definition) is 0. The molecule has 3 unspecified atom stereocenters. The van der Waals surface area contributed by atoms with Crippen LogP contribution >= 0.6 is 0 Å². The monoisotopic (exact) mass is 164 g/mol. The van der Waals surface area contributed by atoms with Gasteiger partial charge in [-0.2, -0.15) is 0 Å². The third-order valence-corrected chi connectivity index (χ3v) is 5.03. The standard InChI is InChI=1S/C12H20/c1-2-3-9-6-7-12(8-9)10-4-5-11(10)12/h9-11H,2-8H2,1H3. The van der Waals surface area contributed by atoms with E-state index in [4.69, 9.17) is 0 Å².